The van der Waals surface area contributed by atoms with E-state index in [9.17, 15) is 4.39 Å². The molecule has 1 N–H and O–H groups in total. The lowest BCUT2D eigenvalue weighted by atomic mass is 10.1. The molecule has 0 saturated carbocycles. The Morgan fingerprint density at radius 2 is 2.36 bits per heavy atom. The zero-order valence-electron chi connectivity index (χ0n) is 5.89. The molecule has 1 heterocycles. The minimum atomic E-state index is -0.414. The van der Waals surface area contributed by atoms with Gasteiger partial charge in [0.2, 0.25) is 0 Å². The van der Waals surface area contributed by atoms with Gasteiger partial charge < -0.3 is 4.98 Å². The molecule has 0 fully saturated rings. The molecule has 0 aliphatic carbocycles. The van der Waals surface area contributed by atoms with E-state index in [0.29, 0.717) is 0 Å². The first-order valence-corrected chi connectivity index (χ1v) is 3.44. The fourth-order valence-electron chi connectivity index (χ4n) is 1.20. The Balaban J connectivity index is 2.79. The van der Waals surface area contributed by atoms with E-state index in [1.807, 2.05) is 12.1 Å². The quantitative estimate of drug-likeness (QED) is 0.639. The van der Waals surface area contributed by atoms with E-state index in [-0.39, 0.29) is 0 Å². The lowest BCUT2D eigenvalue weighted by Crippen LogP contribution is -1.77. The van der Waals surface area contributed by atoms with Crippen LogP contribution >= 0.6 is 0 Å². The van der Waals surface area contributed by atoms with Crippen LogP contribution in [-0.4, -0.2) is 4.98 Å². The van der Waals surface area contributed by atoms with Gasteiger partial charge in [0.05, 0.1) is 6.20 Å². The van der Waals surface area contributed by atoms with Crippen LogP contribution in [-0.2, 0) is 6.67 Å². The highest BCUT2D eigenvalue weighted by Crippen LogP contribution is 2.17. The first-order valence-electron chi connectivity index (χ1n) is 3.44. The molecular weight excluding hydrogens is 141 g/mol. The molecule has 0 bridgehead atoms. The number of aromatic amines is 1. The molecule has 2 heteroatoms. The van der Waals surface area contributed by atoms with Crippen LogP contribution in [0.3, 0.4) is 0 Å². The van der Waals surface area contributed by atoms with Crippen molar-refractivity contribution in [2.24, 2.45) is 0 Å². The molecule has 0 amide bonds. The first kappa shape index (κ1) is 6.40. The van der Waals surface area contributed by atoms with Crippen LogP contribution in [0.5, 0.6) is 0 Å². The van der Waals surface area contributed by atoms with Crippen molar-refractivity contribution in [3.63, 3.8) is 0 Å². The van der Waals surface area contributed by atoms with Gasteiger partial charge in [0, 0.05) is 10.9 Å². The smallest absolute Gasteiger partial charge is 0.115 e. The van der Waals surface area contributed by atoms with Crippen LogP contribution in [0.4, 0.5) is 4.39 Å². The van der Waals surface area contributed by atoms with Crippen LogP contribution in [0.1, 0.15) is 5.56 Å². The molecule has 2 rings (SSSR count). The second-order valence-electron chi connectivity index (χ2n) is 2.43. The summed E-state index contributed by atoms with van der Waals surface area (Å²) in [6.07, 6.45) is 2.82. The number of alkyl halides is 1. The van der Waals surface area contributed by atoms with Crippen molar-refractivity contribution in [1.82, 2.24) is 4.98 Å². The minimum absolute atomic E-state index is 0.414. The molecule has 0 unspecified atom stereocenters. The number of nitrogens with one attached hydrogen (secondary N) is 1. The Labute approximate surface area is 63.9 Å². The Kier molecular flexibility index (Phi) is 1.39. The molecule has 1 nitrogen and oxygen atoms in total. The SMILES string of the molecule is FCc1cccc2[nH][c]cc12. The zero-order valence-corrected chi connectivity index (χ0v) is 5.89. The van der Waals surface area contributed by atoms with E-state index in [4.69, 9.17) is 0 Å². The van der Waals surface area contributed by atoms with E-state index in [0.717, 1.165) is 16.5 Å². The predicted molar refractivity (Wildman–Crippen MR) is 41.9 cm³/mol. The topological polar surface area (TPSA) is 15.8 Å². The normalized spacial score (nSPS) is 10.6. The second kappa shape index (κ2) is 2.38. The maximum atomic E-state index is 12.3. The third kappa shape index (κ3) is 0.909. The third-order valence-corrected chi connectivity index (χ3v) is 1.76. The standard InChI is InChI=1S/C9H7FN/c10-6-7-2-1-3-9-8(7)4-5-11-9/h1-4,11H,6H2. The largest absolute Gasteiger partial charge is 0.353 e. The highest BCUT2D eigenvalue weighted by molar-refractivity contribution is 5.82. The van der Waals surface area contributed by atoms with Crippen molar-refractivity contribution in [2.75, 3.05) is 0 Å². The van der Waals surface area contributed by atoms with Gasteiger partial charge in [-0.15, -0.1) is 0 Å². The van der Waals surface area contributed by atoms with Gasteiger partial charge in [0.1, 0.15) is 6.67 Å². The number of fused-ring (bicyclic) bond motifs is 1. The van der Waals surface area contributed by atoms with Crippen LogP contribution in [0, 0.1) is 6.20 Å². The third-order valence-electron chi connectivity index (χ3n) is 1.76. The average Bonchev–Trinajstić information content (AvgIpc) is 2.50. The van der Waals surface area contributed by atoms with Crippen molar-refractivity contribution in [3.8, 4) is 0 Å². The summed E-state index contributed by atoms with van der Waals surface area (Å²) in [5.41, 5.74) is 1.67. The predicted octanol–water partition coefficient (Wildman–Crippen LogP) is 2.44. The number of aromatic nitrogens is 1. The number of rotatable bonds is 1. The first-order chi connectivity index (χ1) is 5.42. The molecule has 1 aromatic carbocycles. The molecule has 0 spiro atoms. The van der Waals surface area contributed by atoms with E-state index in [1.54, 1.807) is 12.1 Å². The van der Waals surface area contributed by atoms with Crippen LogP contribution in [0.2, 0.25) is 0 Å². The molecule has 1 aromatic heterocycles. The summed E-state index contributed by atoms with van der Waals surface area (Å²) < 4.78 is 12.3. The lowest BCUT2D eigenvalue weighted by molar-refractivity contribution is 0.488. The summed E-state index contributed by atoms with van der Waals surface area (Å²) in [6.45, 7) is -0.414. The maximum absolute atomic E-state index is 12.3. The molecule has 0 atom stereocenters. The Bertz CT molecular complexity index is 364. The number of halogens is 1. The van der Waals surface area contributed by atoms with Gasteiger partial charge in [-0.25, -0.2) is 4.39 Å². The van der Waals surface area contributed by atoms with Gasteiger partial charge in [0.25, 0.3) is 0 Å². The average molecular weight is 148 g/mol. The monoisotopic (exact) mass is 148 g/mol. The molecule has 0 aliphatic rings. The van der Waals surface area contributed by atoms with Crippen molar-refractivity contribution in [1.29, 1.82) is 0 Å². The van der Waals surface area contributed by atoms with Crippen molar-refractivity contribution < 1.29 is 4.39 Å². The number of hydrogen-bond donors (Lipinski definition) is 1. The maximum Gasteiger partial charge on any atom is 0.115 e. The van der Waals surface area contributed by atoms with Crippen molar-refractivity contribution >= 4 is 10.9 Å². The van der Waals surface area contributed by atoms with Gasteiger partial charge in [-0.2, -0.15) is 0 Å². The summed E-state index contributed by atoms with van der Waals surface area (Å²) in [5.74, 6) is 0. The Hall–Kier alpha value is -1.31. The van der Waals surface area contributed by atoms with E-state index >= 15 is 0 Å². The summed E-state index contributed by atoms with van der Waals surface area (Å²) in [5, 5.41) is 0.926. The molecular formula is C9H7FN. The molecule has 0 saturated heterocycles. The second-order valence-corrected chi connectivity index (χ2v) is 2.43. The summed E-state index contributed by atoms with van der Waals surface area (Å²) in [4.78, 5) is 2.90. The van der Waals surface area contributed by atoms with Crippen molar-refractivity contribution in [3.05, 3.63) is 36.0 Å². The van der Waals surface area contributed by atoms with E-state index < -0.39 is 6.67 Å². The zero-order chi connectivity index (χ0) is 7.68. The van der Waals surface area contributed by atoms with Crippen LogP contribution < -0.4 is 0 Å². The number of hydrogen-bond acceptors (Lipinski definition) is 0. The highest BCUT2D eigenvalue weighted by atomic mass is 19.1. The highest BCUT2D eigenvalue weighted by Gasteiger charge is 1.99. The summed E-state index contributed by atoms with van der Waals surface area (Å²) >= 11 is 0. The fraction of sp³-hybridized carbons (Fsp3) is 0.111. The van der Waals surface area contributed by atoms with Gasteiger partial charge in [-0.1, -0.05) is 12.1 Å². The molecule has 55 valence electrons. The van der Waals surface area contributed by atoms with Crippen LogP contribution in [0.15, 0.2) is 24.3 Å². The molecule has 2 aromatic rings. The lowest BCUT2D eigenvalue weighted by Gasteiger charge is -1.94. The Morgan fingerprint density at radius 1 is 1.45 bits per heavy atom. The number of benzene rings is 1. The minimum Gasteiger partial charge on any atom is -0.353 e. The van der Waals surface area contributed by atoms with E-state index in [2.05, 4.69) is 11.2 Å². The van der Waals surface area contributed by atoms with Gasteiger partial charge in [-0.05, 0) is 17.7 Å². The fourth-order valence-corrected chi connectivity index (χ4v) is 1.20. The van der Waals surface area contributed by atoms with Gasteiger partial charge in [-0.3, -0.25) is 0 Å². The molecule has 0 aliphatic heterocycles. The molecule has 11 heavy (non-hydrogen) atoms. The van der Waals surface area contributed by atoms with Gasteiger partial charge in [0.15, 0.2) is 0 Å². The van der Waals surface area contributed by atoms with Gasteiger partial charge >= 0.3 is 0 Å². The molecule has 1 radical (unpaired) electrons. The van der Waals surface area contributed by atoms with E-state index in [1.165, 1.54) is 0 Å². The van der Waals surface area contributed by atoms with Crippen LogP contribution in [0.25, 0.3) is 10.9 Å². The Morgan fingerprint density at radius 3 is 3.18 bits per heavy atom. The summed E-state index contributed by atoms with van der Waals surface area (Å²) in [7, 11) is 0. The van der Waals surface area contributed by atoms with Crippen molar-refractivity contribution in [2.45, 2.75) is 6.67 Å². The number of H-pyrrole nitrogens is 1. The summed E-state index contributed by atoms with van der Waals surface area (Å²) in [6, 6.07) is 7.29.